The predicted molar refractivity (Wildman–Crippen MR) is 115 cm³/mol. The van der Waals surface area contributed by atoms with Crippen LogP contribution in [-0.2, 0) is 15.1 Å². The van der Waals surface area contributed by atoms with Crippen molar-refractivity contribution >= 4 is 5.96 Å². The summed E-state index contributed by atoms with van der Waals surface area (Å²) in [5.74, 6) is 1.26. The molecular formula is C22H36N4O3. The van der Waals surface area contributed by atoms with Crippen LogP contribution in [0.4, 0.5) is 0 Å². The number of hydrogen-bond acceptors (Lipinski definition) is 5. The standard InChI is InChI=1S/C22H36N4O3/c1-3-23-21(25-17-22(2,27)19-7-5-4-6-8-19)24-15-20(18-9-12-29-16-18)26-10-13-28-14-11-26/h4-8,18,20,27H,3,9-17H2,1-2H3,(H2,23,24,25). The summed E-state index contributed by atoms with van der Waals surface area (Å²) in [5, 5.41) is 17.7. The quantitative estimate of drug-likeness (QED) is 0.446. The number of nitrogens with zero attached hydrogens (tertiary/aromatic N) is 2. The molecule has 2 aliphatic heterocycles. The Balaban J connectivity index is 1.63. The van der Waals surface area contributed by atoms with Crippen molar-refractivity contribution in [1.29, 1.82) is 0 Å². The zero-order chi connectivity index (χ0) is 20.5. The minimum absolute atomic E-state index is 0.293. The lowest BCUT2D eigenvalue weighted by Crippen LogP contribution is -2.53. The van der Waals surface area contributed by atoms with Crippen molar-refractivity contribution in [3.05, 3.63) is 35.9 Å². The summed E-state index contributed by atoms with van der Waals surface area (Å²) >= 11 is 0. The van der Waals surface area contributed by atoms with Crippen molar-refractivity contribution in [3.8, 4) is 0 Å². The third kappa shape index (κ3) is 6.40. The number of hydrogen-bond donors (Lipinski definition) is 3. The zero-order valence-electron chi connectivity index (χ0n) is 17.8. The van der Waals surface area contributed by atoms with Crippen LogP contribution in [0.5, 0.6) is 0 Å². The van der Waals surface area contributed by atoms with E-state index in [-0.39, 0.29) is 0 Å². The van der Waals surface area contributed by atoms with Crippen molar-refractivity contribution < 1.29 is 14.6 Å². The molecule has 2 fully saturated rings. The Morgan fingerprint density at radius 3 is 2.62 bits per heavy atom. The molecule has 0 aromatic heterocycles. The fourth-order valence-corrected chi connectivity index (χ4v) is 4.02. The Morgan fingerprint density at radius 2 is 1.97 bits per heavy atom. The summed E-state index contributed by atoms with van der Waals surface area (Å²) in [7, 11) is 0. The first-order chi connectivity index (χ1) is 14.1. The van der Waals surface area contributed by atoms with E-state index in [9.17, 15) is 5.11 Å². The van der Waals surface area contributed by atoms with E-state index in [0.29, 0.717) is 18.5 Å². The van der Waals surface area contributed by atoms with E-state index in [1.165, 1.54) is 0 Å². The molecule has 1 aromatic rings. The number of rotatable bonds is 8. The van der Waals surface area contributed by atoms with Gasteiger partial charge in [0.15, 0.2) is 5.96 Å². The van der Waals surface area contributed by atoms with E-state index < -0.39 is 5.60 Å². The third-order valence-electron chi connectivity index (χ3n) is 5.79. The number of aliphatic hydroxyl groups is 1. The maximum absolute atomic E-state index is 10.9. The van der Waals surface area contributed by atoms with Crippen LogP contribution in [0.1, 0.15) is 25.8 Å². The summed E-state index contributed by atoms with van der Waals surface area (Å²) in [5.41, 5.74) is -0.138. The second-order valence-corrected chi connectivity index (χ2v) is 8.06. The van der Waals surface area contributed by atoms with Gasteiger partial charge in [0.05, 0.1) is 26.4 Å². The lowest BCUT2D eigenvalue weighted by Gasteiger charge is -2.37. The predicted octanol–water partition coefficient (Wildman–Crippen LogP) is 1.19. The average molecular weight is 405 g/mol. The Bertz CT molecular complexity index is 626. The van der Waals surface area contributed by atoms with Gasteiger partial charge in [0.2, 0.25) is 0 Å². The van der Waals surface area contributed by atoms with Gasteiger partial charge in [-0.1, -0.05) is 30.3 Å². The van der Waals surface area contributed by atoms with Crippen LogP contribution in [0.25, 0.3) is 0 Å². The van der Waals surface area contributed by atoms with E-state index in [1.54, 1.807) is 0 Å². The van der Waals surface area contributed by atoms with Gasteiger partial charge in [-0.15, -0.1) is 0 Å². The molecule has 0 aliphatic carbocycles. The van der Waals surface area contributed by atoms with Crippen LogP contribution in [0.15, 0.2) is 35.3 Å². The number of aliphatic imine (C=N–C) groups is 1. The molecule has 7 heteroatoms. The fourth-order valence-electron chi connectivity index (χ4n) is 4.02. The summed E-state index contributed by atoms with van der Waals surface area (Å²) in [6.07, 6.45) is 1.10. The minimum Gasteiger partial charge on any atom is -0.384 e. The molecule has 0 bridgehead atoms. The molecule has 162 valence electrons. The molecule has 2 heterocycles. The van der Waals surface area contributed by atoms with Gasteiger partial charge in [-0.3, -0.25) is 4.90 Å². The normalized spacial score (nSPS) is 24.1. The first-order valence-corrected chi connectivity index (χ1v) is 10.8. The van der Waals surface area contributed by atoms with Gasteiger partial charge in [-0.05, 0) is 25.8 Å². The number of nitrogens with one attached hydrogen (secondary N) is 2. The summed E-state index contributed by atoms with van der Waals surface area (Å²) < 4.78 is 11.2. The van der Waals surface area contributed by atoms with Crippen LogP contribution >= 0.6 is 0 Å². The lowest BCUT2D eigenvalue weighted by atomic mass is 9.96. The van der Waals surface area contributed by atoms with E-state index >= 15 is 0 Å². The maximum Gasteiger partial charge on any atom is 0.191 e. The van der Waals surface area contributed by atoms with E-state index in [1.807, 2.05) is 37.3 Å². The van der Waals surface area contributed by atoms with E-state index in [2.05, 4.69) is 27.4 Å². The molecule has 3 atom stereocenters. The monoisotopic (exact) mass is 404 g/mol. The second kappa shape index (κ2) is 10.9. The Hall–Kier alpha value is -1.67. The fraction of sp³-hybridized carbons (Fsp3) is 0.682. The summed E-state index contributed by atoms with van der Waals surface area (Å²) in [6.45, 7) is 10.9. The molecule has 2 saturated heterocycles. The Labute approximate surface area is 174 Å². The van der Waals surface area contributed by atoms with Crippen molar-refractivity contribution in [3.63, 3.8) is 0 Å². The molecule has 3 N–H and O–H groups in total. The van der Waals surface area contributed by atoms with Gasteiger partial charge in [-0.2, -0.15) is 0 Å². The van der Waals surface area contributed by atoms with Gasteiger partial charge < -0.3 is 25.2 Å². The van der Waals surface area contributed by atoms with Crippen molar-refractivity contribution in [2.45, 2.75) is 31.9 Å². The molecular weight excluding hydrogens is 368 g/mol. The van der Waals surface area contributed by atoms with Gasteiger partial charge in [0.1, 0.15) is 5.60 Å². The minimum atomic E-state index is -1.01. The van der Waals surface area contributed by atoms with Crippen molar-refractivity contribution in [1.82, 2.24) is 15.5 Å². The van der Waals surface area contributed by atoms with E-state index in [0.717, 1.165) is 70.6 Å². The molecule has 7 nitrogen and oxygen atoms in total. The molecule has 3 rings (SSSR count). The second-order valence-electron chi connectivity index (χ2n) is 8.06. The summed E-state index contributed by atoms with van der Waals surface area (Å²) in [4.78, 5) is 7.19. The molecule has 29 heavy (non-hydrogen) atoms. The van der Waals surface area contributed by atoms with Gasteiger partial charge in [0.25, 0.3) is 0 Å². The number of guanidine groups is 1. The largest absolute Gasteiger partial charge is 0.384 e. The van der Waals surface area contributed by atoms with Crippen LogP contribution in [0.3, 0.4) is 0 Å². The highest BCUT2D eigenvalue weighted by Gasteiger charge is 2.31. The molecule has 3 unspecified atom stereocenters. The molecule has 0 saturated carbocycles. The number of benzene rings is 1. The molecule has 1 aromatic carbocycles. The first kappa shape index (κ1) is 22.0. The SMILES string of the molecule is CCNC(=NCC(C)(O)c1ccccc1)NCC(C1CCOC1)N1CCOCC1. The molecule has 0 amide bonds. The topological polar surface area (TPSA) is 78.4 Å². The highest BCUT2D eigenvalue weighted by atomic mass is 16.5. The van der Waals surface area contributed by atoms with Crippen LogP contribution in [0.2, 0.25) is 0 Å². The van der Waals surface area contributed by atoms with Crippen LogP contribution in [-0.4, -0.2) is 81.2 Å². The maximum atomic E-state index is 10.9. The van der Waals surface area contributed by atoms with Crippen LogP contribution in [0, 0.1) is 5.92 Å². The highest BCUT2D eigenvalue weighted by Crippen LogP contribution is 2.22. The number of morpholine rings is 1. The smallest absolute Gasteiger partial charge is 0.191 e. The van der Waals surface area contributed by atoms with Crippen LogP contribution < -0.4 is 10.6 Å². The van der Waals surface area contributed by atoms with Gasteiger partial charge in [0, 0.05) is 44.7 Å². The highest BCUT2D eigenvalue weighted by molar-refractivity contribution is 5.79. The van der Waals surface area contributed by atoms with E-state index in [4.69, 9.17) is 9.47 Å². The van der Waals surface area contributed by atoms with Crippen molar-refractivity contribution in [2.75, 3.05) is 59.2 Å². The molecule has 2 aliphatic rings. The van der Waals surface area contributed by atoms with Gasteiger partial charge in [-0.25, -0.2) is 4.99 Å². The molecule has 0 spiro atoms. The third-order valence-corrected chi connectivity index (χ3v) is 5.79. The van der Waals surface area contributed by atoms with Crippen molar-refractivity contribution in [2.24, 2.45) is 10.9 Å². The summed E-state index contributed by atoms with van der Waals surface area (Å²) in [6, 6.07) is 10.1. The Kier molecular flexibility index (Phi) is 8.29. The number of ether oxygens (including phenoxy) is 2. The Morgan fingerprint density at radius 1 is 1.21 bits per heavy atom. The zero-order valence-corrected chi connectivity index (χ0v) is 17.8. The first-order valence-electron chi connectivity index (χ1n) is 10.8. The molecule has 0 radical (unpaired) electrons. The van der Waals surface area contributed by atoms with Gasteiger partial charge >= 0.3 is 0 Å². The average Bonchev–Trinajstić information content (AvgIpc) is 3.28. The lowest BCUT2D eigenvalue weighted by molar-refractivity contribution is 0.00245.